The van der Waals surface area contributed by atoms with Crippen molar-refractivity contribution in [2.24, 2.45) is 0 Å². The maximum Gasteiger partial charge on any atom is 0.248 e. The van der Waals surface area contributed by atoms with Crippen molar-refractivity contribution in [3.63, 3.8) is 0 Å². The van der Waals surface area contributed by atoms with Gasteiger partial charge in [-0.15, -0.1) is 0 Å². The highest BCUT2D eigenvalue weighted by Gasteiger charge is 2.00. The van der Waals surface area contributed by atoms with Crippen LogP contribution in [0.2, 0.25) is 0 Å². The van der Waals surface area contributed by atoms with Crippen LogP contribution in [0.25, 0.3) is 16.8 Å². The summed E-state index contributed by atoms with van der Waals surface area (Å²) < 4.78 is 1.68. The number of nitrogens with one attached hydrogen (secondary N) is 1. The summed E-state index contributed by atoms with van der Waals surface area (Å²) in [5.74, 6) is 0. The number of H-pyrrole nitrogens is 1. The number of nitrogens with zero attached hydrogens (tertiary/aromatic N) is 3. The van der Waals surface area contributed by atoms with Gasteiger partial charge in [0.1, 0.15) is 12.7 Å². The smallest absolute Gasteiger partial charge is 0.248 e. The number of aromatic amines is 1. The van der Waals surface area contributed by atoms with E-state index in [-0.39, 0.29) is 5.56 Å². The van der Waals surface area contributed by atoms with Gasteiger partial charge in [-0.3, -0.25) is 4.79 Å². The second-order valence-electron chi connectivity index (χ2n) is 3.83. The molecule has 0 atom stereocenters. The minimum atomic E-state index is -0.104. The summed E-state index contributed by atoms with van der Waals surface area (Å²) in [5.41, 5.74) is 2.71. The highest BCUT2D eigenvalue weighted by molar-refractivity contribution is 5.63. The monoisotopic (exact) mass is 238 g/mol. The van der Waals surface area contributed by atoms with Gasteiger partial charge in [0.05, 0.1) is 5.69 Å². The minimum absolute atomic E-state index is 0.104. The van der Waals surface area contributed by atoms with E-state index in [0.717, 1.165) is 16.8 Å². The Balaban J connectivity index is 1.99. The molecule has 0 saturated carbocycles. The zero-order chi connectivity index (χ0) is 12.4. The first-order chi connectivity index (χ1) is 8.83. The van der Waals surface area contributed by atoms with Gasteiger partial charge in [-0.05, 0) is 29.3 Å². The van der Waals surface area contributed by atoms with Crippen LogP contribution in [0.3, 0.4) is 0 Å². The summed E-state index contributed by atoms with van der Waals surface area (Å²) in [6.07, 6.45) is 4.77. The summed E-state index contributed by atoms with van der Waals surface area (Å²) >= 11 is 0. The molecular formula is C13H10N4O. The first kappa shape index (κ1) is 10.5. The maximum atomic E-state index is 11.2. The standard InChI is InChI=1S/C13H10N4O/c18-13-7-11(5-6-15-13)10-1-3-12(4-2-10)17-9-14-8-16-17/h1-9H,(H,15,18). The van der Waals surface area contributed by atoms with E-state index >= 15 is 0 Å². The molecule has 0 unspecified atom stereocenters. The largest absolute Gasteiger partial charge is 0.329 e. The predicted molar refractivity (Wildman–Crippen MR) is 67.4 cm³/mol. The molecule has 88 valence electrons. The van der Waals surface area contributed by atoms with E-state index in [2.05, 4.69) is 15.1 Å². The van der Waals surface area contributed by atoms with E-state index in [4.69, 9.17) is 0 Å². The molecule has 0 aliphatic carbocycles. The molecule has 1 N–H and O–H groups in total. The number of aromatic nitrogens is 4. The first-order valence-corrected chi connectivity index (χ1v) is 5.47. The van der Waals surface area contributed by atoms with Crippen LogP contribution in [0.1, 0.15) is 0 Å². The highest BCUT2D eigenvalue weighted by Crippen LogP contribution is 2.18. The molecule has 0 aliphatic heterocycles. The Bertz CT molecular complexity index is 698. The summed E-state index contributed by atoms with van der Waals surface area (Å²) in [7, 11) is 0. The molecule has 0 aliphatic rings. The van der Waals surface area contributed by atoms with Crippen LogP contribution >= 0.6 is 0 Å². The SMILES string of the molecule is O=c1cc(-c2ccc(-n3cncn3)cc2)cc[nH]1. The van der Waals surface area contributed by atoms with E-state index in [1.165, 1.54) is 6.33 Å². The molecule has 0 bridgehead atoms. The molecule has 18 heavy (non-hydrogen) atoms. The van der Waals surface area contributed by atoms with Crippen LogP contribution in [-0.2, 0) is 0 Å². The average Bonchev–Trinajstić information content (AvgIpc) is 2.93. The van der Waals surface area contributed by atoms with Gasteiger partial charge in [-0.1, -0.05) is 12.1 Å². The van der Waals surface area contributed by atoms with Gasteiger partial charge in [-0.25, -0.2) is 9.67 Å². The third-order valence-corrected chi connectivity index (χ3v) is 2.66. The van der Waals surface area contributed by atoms with Crippen molar-refractivity contribution < 1.29 is 0 Å². The second-order valence-corrected chi connectivity index (χ2v) is 3.83. The molecular weight excluding hydrogens is 228 g/mol. The quantitative estimate of drug-likeness (QED) is 0.738. The third kappa shape index (κ3) is 1.93. The van der Waals surface area contributed by atoms with Gasteiger partial charge in [0.2, 0.25) is 5.56 Å². The molecule has 3 aromatic rings. The summed E-state index contributed by atoms with van der Waals surface area (Å²) in [6, 6.07) is 11.2. The van der Waals surface area contributed by atoms with Gasteiger partial charge >= 0.3 is 0 Å². The molecule has 2 aromatic heterocycles. The Hall–Kier alpha value is -2.69. The number of hydrogen-bond acceptors (Lipinski definition) is 3. The van der Waals surface area contributed by atoms with Crippen molar-refractivity contribution in [2.75, 3.05) is 0 Å². The second kappa shape index (κ2) is 4.29. The predicted octanol–water partition coefficient (Wildman–Crippen LogP) is 1.62. The van der Waals surface area contributed by atoms with Gasteiger partial charge in [0.15, 0.2) is 0 Å². The van der Waals surface area contributed by atoms with Crippen molar-refractivity contribution in [1.82, 2.24) is 19.7 Å². The molecule has 0 spiro atoms. The van der Waals surface area contributed by atoms with E-state index in [1.54, 1.807) is 23.3 Å². The Morgan fingerprint density at radius 3 is 2.56 bits per heavy atom. The zero-order valence-corrected chi connectivity index (χ0v) is 9.45. The molecule has 1 aromatic carbocycles. The fourth-order valence-electron chi connectivity index (χ4n) is 1.77. The van der Waals surface area contributed by atoms with Gasteiger partial charge < -0.3 is 4.98 Å². The summed E-state index contributed by atoms with van der Waals surface area (Å²) in [5, 5.41) is 4.05. The lowest BCUT2D eigenvalue weighted by atomic mass is 10.1. The lowest BCUT2D eigenvalue weighted by molar-refractivity contribution is 0.879. The van der Waals surface area contributed by atoms with Crippen molar-refractivity contribution in [3.8, 4) is 16.8 Å². The molecule has 0 amide bonds. The van der Waals surface area contributed by atoms with E-state index in [9.17, 15) is 4.79 Å². The van der Waals surface area contributed by atoms with Crippen LogP contribution in [0.15, 0.2) is 60.0 Å². The molecule has 2 heterocycles. The van der Waals surface area contributed by atoms with Crippen LogP contribution in [-0.4, -0.2) is 19.7 Å². The van der Waals surface area contributed by atoms with Gasteiger partial charge in [-0.2, -0.15) is 5.10 Å². The van der Waals surface area contributed by atoms with Crippen molar-refractivity contribution in [2.45, 2.75) is 0 Å². The number of hydrogen-bond donors (Lipinski definition) is 1. The average molecular weight is 238 g/mol. The van der Waals surface area contributed by atoms with Gasteiger partial charge in [0, 0.05) is 12.3 Å². The zero-order valence-electron chi connectivity index (χ0n) is 9.45. The van der Waals surface area contributed by atoms with Crippen LogP contribution in [0, 0.1) is 0 Å². The molecule has 5 heteroatoms. The van der Waals surface area contributed by atoms with Crippen molar-refractivity contribution in [3.05, 3.63) is 65.6 Å². The number of pyridine rings is 1. The fraction of sp³-hybridized carbons (Fsp3) is 0. The lowest BCUT2D eigenvalue weighted by Gasteiger charge is -2.03. The highest BCUT2D eigenvalue weighted by atomic mass is 16.1. The van der Waals surface area contributed by atoms with E-state index in [0.29, 0.717) is 0 Å². The Labute approximate surface area is 103 Å². The molecule has 5 nitrogen and oxygen atoms in total. The van der Waals surface area contributed by atoms with Crippen LogP contribution < -0.4 is 5.56 Å². The maximum absolute atomic E-state index is 11.2. The van der Waals surface area contributed by atoms with Crippen LogP contribution in [0.4, 0.5) is 0 Å². The first-order valence-electron chi connectivity index (χ1n) is 5.47. The lowest BCUT2D eigenvalue weighted by Crippen LogP contribution is -2.02. The van der Waals surface area contributed by atoms with Crippen molar-refractivity contribution >= 4 is 0 Å². The van der Waals surface area contributed by atoms with E-state index in [1.807, 2.05) is 30.3 Å². The Morgan fingerprint density at radius 2 is 1.89 bits per heavy atom. The minimum Gasteiger partial charge on any atom is -0.329 e. The molecule has 3 rings (SSSR count). The Kier molecular flexibility index (Phi) is 2.49. The van der Waals surface area contributed by atoms with Crippen molar-refractivity contribution in [1.29, 1.82) is 0 Å². The molecule has 0 radical (unpaired) electrons. The van der Waals surface area contributed by atoms with Gasteiger partial charge in [0.25, 0.3) is 0 Å². The fourth-order valence-corrected chi connectivity index (χ4v) is 1.77. The molecule has 0 saturated heterocycles. The summed E-state index contributed by atoms with van der Waals surface area (Å²) in [6.45, 7) is 0. The molecule has 0 fully saturated rings. The van der Waals surface area contributed by atoms with Crippen LogP contribution in [0.5, 0.6) is 0 Å². The Morgan fingerprint density at radius 1 is 1.06 bits per heavy atom. The third-order valence-electron chi connectivity index (χ3n) is 2.66. The van der Waals surface area contributed by atoms with E-state index < -0.39 is 0 Å². The summed E-state index contributed by atoms with van der Waals surface area (Å²) in [4.78, 5) is 17.7. The number of benzene rings is 1. The topological polar surface area (TPSA) is 63.6 Å². The number of rotatable bonds is 2. The normalized spacial score (nSPS) is 10.4.